The van der Waals surface area contributed by atoms with E-state index in [1.54, 1.807) is 50.3 Å². The Morgan fingerprint density at radius 1 is 1.17 bits per heavy atom. The molecule has 0 bridgehead atoms. The average molecular weight is 497 g/mol. The summed E-state index contributed by atoms with van der Waals surface area (Å²) < 4.78 is 28.4. The highest BCUT2D eigenvalue weighted by Gasteiger charge is 2.56. The number of ether oxygens (including phenoxy) is 5. The van der Waals surface area contributed by atoms with Gasteiger partial charge in [0.25, 0.3) is 0 Å². The SMILES string of the molecule is COc1cc2c(cc1OC)C1(O)C(=O)c3ccc(OCC=C(C)CC=CC(C)(C)O)cc3OC1CO2. The van der Waals surface area contributed by atoms with Crippen molar-refractivity contribution < 1.29 is 38.7 Å². The number of rotatable bonds is 8. The highest BCUT2D eigenvalue weighted by molar-refractivity contribution is 6.07. The van der Waals surface area contributed by atoms with E-state index in [0.29, 0.717) is 41.8 Å². The molecule has 8 heteroatoms. The molecule has 2 heterocycles. The maximum absolute atomic E-state index is 13.5. The third kappa shape index (κ3) is 4.92. The summed E-state index contributed by atoms with van der Waals surface area (Å²) in [5.41, 5.74) is -1.15. The molecule has 2 atom stereocenters. The van der Waals surface area contributed by atoms with Crippen molar-refractivity contribution in [3.05, 3.63) is 65.3 Å². The number of Topliss-reactive ketones (excluding diaryl/α,β-unsaturated/α-hetero) is 1. The van der Waals surface area contributed by atoms with Crippen LogP contribution in [-0.4, -0.2) is 55.1 Å². The Morgan fingerprint density at radius 2 is 1.89 bits per heavy atom. The van der Waals surface area contributed by atoms with Gasteiger partial charge in [0.05, 0.1) is 25.4 Å². The average Bonchev–Trinajstić information content (AvgIpc) is 2.83. The molecule has 0 radical (unpaired) electrons. The number of carbonyl (C=O) groups excluding carboxylic acids is 1. The molecule has 0 saturated carbocycles. The lowest BCUT2D eigenvalue weighted by Gasteiger charge is -2.43. The normalized spacial score (nSPS) is 21.1. The van der Waals surface area contributed by atoms with Gasteiger partial charge in [-0.2, -0.15) is 0 Å². The van der Waals surface area contributed by atoms with Crippen LogP contribution in [0, 0.1) is 0 Å². The lowest BCUT2D eigenvalue weighted by atomic mass is 9.77. The van der Waals surface area contributed by atoms with Crippen LogP contribution in [0.25, 0.3) is 0 Å². The lowest BCUT2D eigenvalue weighted by Crippen LogP contribution is -2.57. The molecule has 0 fully saturated rings. The van der Waals surface area contributed by atoms with E-state index < -0.39 is 23.1 Å². The number of fused-ring (bicyclic) bond motifs is 4. The molecule has 0 aliphatic carbocycles. The second-order valence-electron chi connectivity index (χ2n) is 9.50. The van der Waals surface area contributed by atoms with Crippen LogP contribution in [0.5, 0.6) is 28.7 Å². The monoisotopic (exact) mass is 496 g/mol. The summed E-state index contributed by atoms with van der Waals surface area (Å²) in [6.07, 6.45) is 5.38. The van der Waals surface area contributed by atoms with E-state index in [2.05, 4.69) is 0 Å². The quantitative estimate of drug-likeness (QED) is 0.529. The largest absolute Gasteiger partial charge is 0.493 e. The van der Waals surface area contributed by atoms with Crippen LogP contribution in [0.3, 0.4) is 0 Å². The minimum absolute atomic E-state index is 0.0185. The van der Waals surface area contributed by atoms with Crippen LogP contribution in [-0.2, 0) is 5.60 Å². The third-order valence-electron chi connectivity index (χ3n) is 6.21. The first-order chi connectivity index (χ1) is 17.1. The Balaban J connectivity index is 1.53. The summed E-state index contributed by atoms with van der Waals surface area (Å²) in [5, 5.41) is 21.4. The second kappa shape index (κ2) is 9.87. The summed E-state index contributed by atoms with van der Waals surface area (Å²) >= 11 is 0. The molecule has 0 spiro atoms. The third-order valence-corrected chi connectivity index (χ3v) is 6.21. The molecule has 2 aliphatic heterocycles. The maximum Gasteiger partial charge on any atom is 0.206 e. The molecule has 2 N–H and O–H groups in total. The van der Waals surface area contributed by atoms with E-state index in [1.807, 2.05) is 19.1 Å². The molecule has 8 nitrogen and oxygen atoms in total. The molecule has 2 aliphatic rings. The van der Waals surface area contributed by atoms with Crippen molar-refractivity contribution in [1.29, 1.82) is 0 Å². The Kier molecular flexibility index (Phi) is 7.02. The van der Waals surface area contributed by atoms with Gasteiger partial charge in [0.2, 0.25) is 5.78 Å². The summed E-state index contributed by atoms with van der Waals surface area (Å²) in [7, 11) is 2.98. The van der Waals surface area contributed by atoms with Crippen LogP contribution >= 0.6 is 0 Å². The number of allylic oxidation sites excluding steroid dienone is 2. The number of ketones is 1. The molecule has 4 rings (SSSR count). The number of aliphatic hydroxyl groups is 2. The fraction of sp³-hybridized carbons (Fsp3) is 0.393. The molecule has 0 saturated heterocycles. The molecule has 0 amide bonds. The molecule has 2 aromatic rings. The van der Waals surface area contributed by atoms with Crippen molar-refractivity contribution >= 4 is 5.78 Å². The summed E-state index contributed by atoms with van der Waals surface area (Å²) in [4.78, 5) is 13.5. The van der Waals surface area contributed by atoms with E-state index in [-0.39, 0.29) is 17.7 Å². The Labute approximate surface area is 210 Å². The zero-order valence-corrected chi connectivity index (χ0v) is 21.2. The topological polar surface area (TPSA) is 104 Å². The van der Waals surface area contributed by atoms with Crippen LogP contribution in [0.4, 0.5) is 0 Å². The molecular formula is C28H32O8. The Hall–Kier alpha value is -3.49. The van der Waals surface area contributed by atoms with Crippen LogP contribution < -0.4 is 23.7 Å². The van der Waals surface area contributed by atoms with Gasteiger partial charge in [-0.25, -0.2) is 0 Å². The Morgan fingerprint density at radius 3 is 2.58 bits per heavy atom. The van der Waals surface area contributed by atoms with Crippen molar-refractivity contribution in [2.24, 2.45) is 0 Å². The molecule has 36 heavy (non-hydrogen) atoms. The van der Waals surface area contributed by atoms with Crippen LogP contribution in [0.1, 0.15) is 43.1 Å². The zero-order chi connectivity index (χ0) is 26.1. The van der Waals surface area contributed by atoms with Crippen molar-refractivity contribution in [2.75, 3.05) is 27.4 Å². The fourth-order valence-corrected chi connectivity index (χ4v) is 4.26. The van der Waals surface area contributed by atoms with Crippen molar-refractivity contribution in [2.45, 2.75) is 44.5 Å². The number of carbonyl (C=O) groups is 1. The lowest BCUT2D eigenvalue weighted by molar-refractivity contribution is -0.0800. The van der Waals surface area contributed by atoms with Gasteiger partial charge in [0.1, 0.15) is 30.5 Å². The van der Waals surface area contributed by atoms with E-state index in [4.69, 9.17) is 23.7 Å². The summed E-state index contributed by atoms with van der Waals surface area (Å²) in [6.45, 7) is 5.75. The van der Waals surface area contributed by atoms with Crippen LogP contribution in [0.15, 0.2) is 54.1 Å². The van der Waals surface area contributed by atoms with Gasteiger partial charge in [0.15, 0.2) is 23.2 Å². The number of methoxy groups -OCH3 is 2. The van der Waals surface area contributed by atoms with Gasteiger partial charge in [-0.05, 0) is 51.5 Å². The fourth-order valence-electron chi connectivity index (χ4n) is 4.26. The maximum atomic E-state index is 13.5. The van der Waals surface area contributed by atoms with E-state index in [9.17, 15) is 15.0 Å². The van der Waals surface area contributed by atoms with E-state index in [0.717, 1.165) is 5.57 Å². The van der Waals surface area contributed by atoms with Gasteiger partial charge in [-0.3, -0.25) is 4.79 Å². The minimum Gasteiger partial charge on any atom is -0.493 e. The number of hydrogen-bond donors (Lipinski definition) is 2. The first-order valence-electron chi connectivity index (χ1n) is 11.7. The smallest absolute Gasteiger partial charge is 0.206 e. The highest BCUT2D eigenvalue weighted by Crippen LogP contribution is 2.49. The Bertz CT molecular complexity index is 1210. The second-order valence-corrected chi connectivity index (χ2v) is 9.50. The van der Waals surface area contributed by atoms with Gasteiger partial charge in [-0.1, -0.05) is 17.7 Å². The molecule has 192 valence electrons. The molecule has 0 aromatic heterocycles. The molecular weight excluding hydrogens is 464 g/mol. The highest BCUT2D eigenvalue weighted by atomic mass is 16.6. The first-order valence-corrected chi connectivity index (χ1v) is 11.7. The van der Waals surface area contributed by atoms with Gasteiger partial charge in [0, 0.05) is 17.7 Å². The predicted molar refractivity (Wildman–Crippen MR) is 133 cm³/mol. The molecule has 2 aromatic carbocycles. The van der Waals surface area contributed by atoms with E-state index >= 15 is 0 Å². The van der Waals surface area contributed by atoms with Gasteiger partial charge < -0.3 is 33.9 Å². The standard InChI is InChI=1S/C28H32O8/c1-17(7-6-11-27(2,3)30)10-12-34-18-8-9-19-21(13-18)36-25-16-35-22-15-24(33-5)23(32-4)14-20(22)28(25,31)26(19)29/h6,8-11,13-15,25,30-31H,7,12,16H2,1-5H3. The predicted octanol–water partition coefficient (Wildman–Crippen LogP) is 3.97. The van der Waals surface area contributed by atoms with Crippen molar-refractivity contribution in [3.8, 4) is 28.7 Å². The number of hydrogen-bond acceptors (Lipinski definition) is 8. The van der Waals surface area contributed by atoms with Crippen molar-refractivity contribution in [1.82, 2.24) is 0 Å². The van der Waals surface area contributed by atoms with E-state index in [1.165, 1.54) is 14.2 Å². The van der Waals surface area contributed by atoms with Gasteiger partial charge >= 0.3 is 0 Å². The molecule has 2 unspecified atom stereocenters. The summed E-state index contributed by atoms with van der Waals surface area (Å²) in [6, 6.07) is 8.07. The minimum atomic E-state index is -1.93. The van der Waals surface area contributed by atoms with Gasteiger partial charge in [-0.15, -0.1) is 0 Å². The summed E-state index contributed by atoms with van der Waals surface area (Å²) in [5.74, 6) is 1.52. The van der Waals surface area contributed by atoms with Crippen LogP contribution in [0.2, 0.25) is 0 Å². The number of benzene rings is 2. The van der Waals surface area contributed by atoms with Crippen molar-refractivity contribution in [3.63, 3.8) is 0 Å². The first kappa shape index (κ1) is 25.6. The zero-order valence-electron chi connectivity index (χ0n) is 21.2.